The molecule has 2 heterocycles. The van der Waals surface area contributed by atoms with E-state index in [0.717, 1.165) is 17.5 Å². The lowest BCUT2D eigenvalue weighted by atomic mass is 10.3. The molecule has 0 atom stereocenters. The molecule has 0 saturated heterocycles. The topological polar surface area (TPSA) is 57.4 Å². The van der Waals surface area contributed by atoms with Crippen molar-refractivity contribution in [3.8, 4) is 17.4 Å². The zero-order valence-electron chi connectivity index (χ0n) is 10.3. The number of fused-ring (bicyclic) bond motifs is 1. The fourth-order valence-corrected chi connectivity index (χ4v) is 1.63. The number of rotatable bonds is 3. The Hall–Kier alpha value is -2.77. The lowest BCUT2D eigenvalue weighted by Gasteiger charge is -2.09. The van der Waals surface area contributed by atoms with E-state index in [2.05, 4.69) is 14.9 Å². The number of alkyl halides is 3. The third kappa shape index (κ3) is 3.22. The van der Waals surface area contributed by atoms with Gasteiger partial charge in [-0.3, -0.25) is 0 Å². The summed E-state index contributed by atoms with van der Waals surface area (Å²) in [7, 11) is 0. The molecule has 0 aliphatic heterocycles. The maximum atomic E-state index is 12.0. The first-order valence-corrected chi connectivity index (χ1v) is 5.75. The number of benzene rings is 1. The fourth-order valence-electron chi connectivity index (χ4n) is 1.63. The predicted octanol–water partition coefficient (Wildman–Crippen LogP) is 3.91. The van der Waals surface area contributed by atoms with Gasteiger partial charge in [0.1, 0.15) is 11.5 Å². The van der Waals surface area contributed by atoms with Gasteiger partial charge in [-0.25, -0.2) is 0 Å². The lowest BCUT2D eigenvalue weighted by Crippen LogP contribution is -2.16. The average Bonchev–Trinajstić information content (AvgIpc) is 2.87. The minimum atomic E-state index is -4.72. The van der Waals surface area contributed by atoms with Crippen LogP contribution in [0.1, 0.15) is 0 Å². The standard InChI is InChI=1S/C13H7F3N2O3/c14-13(15,16)20-10-4-2-9(3-5-10)19-11-6-1-8-7-17-21-12(8)18-11/h1-7H. The Morgan fingerprint density at radius 2 is 1.67 bits per heavy atom. The fraction of sp³-hybridized carbons (Fsp3) is 0.0769. The van der Waals surface area contributed by atoms with Gasteiger partial charge in [0.25, 0.3) is 5.71 Å². The molecule has 0 radical (unpaired) electrons. The maximum absolute atomic E-state index is 12.0. The van der Waals surface area contributed by atoms with Crippen LogP contribution in [-0.4, -0.2) is 16.5 Å². The normalized spacial score (nSPS) is 11.6. The molecule has 3 rings (SSSR count). The summed E-state index contributed by atoms with van der Waals surface area (Å²) in [4.78, 5) is 4.05. The van der Waals surface area contributed by atoms with Gasteiger partial charge in [0.15, 0.2) is 0 Å². The maximum Gasteiger partial charge on any atom is 0.573 e. The molecule has 0 aliphatic rings. The van der Waals surface area contributed by atoms with E-state index in [1.165, 1.54) is 18.3 Å². The minimum Gasteiger partial charge on any atom is -0.439 e. The van der Waals surface area contributed by atoms with Crippen molar-refractivity contribution in [2.45, 2.75) is 6.36 Å². The van der Waals surface area contributed by atoms with Crippen LogP contribution in [0.2, 0.25) is 0 Å². The van der Waals surface area contributed by atoms with Gasteiger partial charge in [-0.05, 0) is 30.3 Å². The van der Waals surface area contributed by atoms with Crippen molar-refractivity contribution in [2.75, 3.05) is 0 Å². The highest BCUT2D eigenvalue weighted by Gasteiger charge is 2.30. The van der Waals surface area contributed by atoms with Crippen LogP contribution < -0.4 is 9.47 Å². The van der Waals surface area contributed by atoms with Gasteiger partial charge in [-0.1, -0.05) is 5.16 Å². The van der Waals surface area contributed by atoms with Gasteiger partial charge >= 0.3 is 6.36 Å². The Kier molecular flexibility index (Phi) is 3.13. The number of aromatic nitrogens is 2. The molecular weight excluding hydrogens is 289 g/mol. The van der Waals surface area contributed by atoms with Gasteiger partial charge in [0.05, 0.1) is 11.6 Å². The molecule has 21 heavy (non-hydrogen) atoms. The molecule has 0 bridgehead atoms. The Balaban J connectivity index is 1.75. The van der Waals surface area contributed by atoms with Crippen LogP contribution in [-0.2, 0) is 0 Å². The van der Waals surface area contributed by atoms with Crippen LogP contribution in [0.5, 0.6) is 17.4 Å². The summed E-state index contributed by atoms with van der Waals surface area (Å²) in [5.41, 5.74) is 0.310. The first-order valence-electron chi connectivity index (χ1n) is 5.75. The summed E-state index contributed by atoms with van der Waals surface area (Å²) >= 11 is 0. The van der Waals surface area contributed by atoms with Crippen LogP contribution in [0.15, 0.2) is 47.1 Å². The first-order chi connectivity index (χ1) is 9.99. The Bertz CT molecular complexity index is 753. The molecule has 8 heteroatoms. The van der Waals surface area contributed by atoms with Crippen molar-refractivity contribution >= 4 is 11.1 Å². The summed E-state index contributed by atoms with van der Waals surface area (Å²) in [6.07, 6.45) is -3.21. The zero-order valence-corrected chi connectivity index (χ0v) is 10.3. The highest BCUT2D eigenvalue weighted by atomic mass is 19.4. The molecule has 108 valence electrons. The molecule has 1 aromatic carbocycles. The molecule has 0 spiro atoms. The predicted molar refractivity (Wildman–Crippen MR) is 65.0 cm³/mol. The van der Waals surface area contributed by atoms with E-state index in [4.69, 9.17) is 9.26 Å². The average molecular weight is 296 g/mol. The third-order valence-corrected chi connectivity index (χ3v) is 2.47. The lowest BCUT2D eigenvalue weighted by molar-refractivity contribution is -0.274. The zero-order chi connectivity index (χ0) is 14.9. The van der Waals surface area contributed by atoms with Gasteiger partial charge < -0.3 is 14.0 Å². The smallest absolute Gasteiger partial charge is 0.439 e. The Morgan fingerprint density at radius 1 is 0.952 bits per heavy atom. The van der Waals surface area contributed by atoms with E-state index < -0.39 is 6.36 Å². The third-order valence-electron chi connectivity index (χ3n) is 2.47. The molecule has 0 amide bonds. The van der Waals surface area contributed by atoms with Crippen molar-refractivity contribution in [2.24, 2.45) is 0 Å². The summed E-state index contributed by atoms with van der Waals surface area (Å²) in [5.74, 6) is 0.230. The number of hydrogen-bond donors (Lipinski definition) is 0. The van der Waals surface area contributed by atoms with Crippen molar-refractivity contribution in [1.82, 2.24) is 10.1 Å². The largest absolute Gasteiger partial charge is 0.573 e. The summed E-state index contributed by atoms with van der Waals surface area (Å²) < 4.78 is 50.1. The SMILES string of the molecule is FC(F)(F)Oc1ccc(Oc2ccc3cnoc3n2)cc1. The first kappa shape index (κ1) is 13.2. The van der Waals surface area contributed by atoms with Crippen molar-refractivity contribution in [1.29, 1.82) is 0 Å². The van der Waals surface area contributed by atoms with Gasteiger partial charge in [0.2, 0.25) is 5.88 Å². The van der Waals surface area contributed by atoms with E-state index in [9.17, 15) is 13.2 Å². The molecule has 0 fully saturated rings. The number of hydrogen-bond acceptors (Lipinski definition) is 5. The van der Waals surface area contributed by atoms with Crippen LogP contribution in [0.3, 0.4) is 0 Å². The number of ether oxygens (including phenoxy) is 2. The molecule has 3 aromatic rings. The van der Waals surface area contributed by atoms with Crippen molar-refractivity contribution < 1.29 is 27.2 Å². The molecular formula is C13H7F3N2O3. The highest BCUT2D eigenvalue weighted by Crippen LogP contribution is 2.27. The molecule has 0 N–H and O–H groups in total. The van der Waals surface area contributed by atoms with Crippen LogP contribution >= 0.6 is 0 Å². The van der Waals surface area contributed by atoms with Crippen molar-refractivity contribution in [3.63, 3.8) is 0 Å². The molecule has 0 saturated carbocycles. The van der Waals surface area contributed by atoms with Crippen LogP contribution in [0.25, 0.3) is 11.1 Å². The van der Waals surface area contributed by atoms with E-state index in [1.54, 1.807) is 12.1 Å². The van der Waals surface area contributed by atoms with E-state index >= 15 is 0 Å². The van der Waals surface area contributed by atoms with Gasteiger partial charge in [-0.2, -0.15) is 4.98 Å². The quantitative estimate of drug-likeness (QED) is 0.733. The second kappa shape index (κ2) is 4.97. The van der Waals surface area contributed by atoms with Gasteiger partial charge in [0, 0.05) is 6.07 Å². The summed E-state index contributed by atoms with van der Waals surface area (Å²) in [6.45, 7) is 0. The second-order valence-electron chi connectivity index (χ2n) is 3.99. The van der Waals surface area contributed by atoms with Gasteiger partial charge in [-0.15, -0.1) is 13.2 Å². The van der Waals surface area contributed by atoms with E-state index in [-0.39, 0.29) is 11.6 Å². The molecule has 0 aliphatic carbocycles. The van der Waals surface area contributed by atoms with Crippen molar-refractivity contribution in [3.05, 3.63) is 42.6 Å². The Labute approximate surface area is 115 Å². The van der Waals surface area contributed by atoms with Crippen LogP contribution in [0, 0.1) is 0 Å². The molecule has 5 nitrogen and oxygen atoms in total. The highest BCUT2D eigenvalue weighted by molar-refractivity contribution is 5.72. The van der Waals surface area contributed by atoms with E-state index in [1.807, 2.05) is 0 Å². The molecule has 0 unspecified atom stereocenters. The minimum absolute atomic E-state index is 0.240. The monoisotopic (exact) mass is 296 g/mol. The van der Waals surface area contributed by atoms with E-state index in [0.29, 0.717) is 11.5 Å². The number of nitrogens with zero attached hydrogens (tertiary/aromatic N) is 2. The molecule has 2 aromatic heterocycles. The number of halogens is 3. The Morgan fingerprint density at radius 3 is 2.38 bits per heavy atom. The second-order valence-corrected chi connectivity index (χ2v) is 3.99. The summed E-state index contributed by atoms with van der Waals surface area (Å²) in [5, 5.41) is 4.30. The van der Waals surface area contributed by atoms with Crippen LogP contribution in [0.4, 0.5) is 13.2 Å². The number of pyridine rings is 1. The summed E-state index contributed by atoms with van der Waals surface area (Å²) in [6, 6.07) is 8.28.